The van der Waals surface area contributed by atoms with Gasteiger partial charge < -0.3 is 10.5 Å². The number of hydrogen-bond donors (Lipinski definition) is 1. The van der Waals surface area contributed by atoms with E-state index in [0.717, 1.165) is 19.4 Å². The van der Waals surface area contributed by atoms with Crippen LogP contribution in [0.5, 0.6) is 0 Å². The lowest BCUT2D eigenvalue weighted by Gasteiger charge is -2.45. The molecule has 2 nitrogen and oxygen atoms in total. The second-order valence-corrected chi connectivity index (χ2v) is 6.78. The van der Waals surface area contributed by atoms with E-state index in [0.29, 0.717) is 5.92 Å². The lowest BCUT2D eigenvalue weighted by Crippen LogP contribution is -2.44. The molecule has 1 aromatic carbocycles. The van der Waals surface area contributed by atoms with Gasteiger partial charge in [-0.05, 0) is 44.1 Å². The summed E-state index contributed by atoms with van der Waals surface area (Å²) in [5.74, 6) is 0.574. The first kappa shape index (κ1) is 14.1. The van der Waals surface area contributed by atoms with Gasteiger partial charge in [0.05, 0.1) is 5.60 Å². The molecule has 2 N–H and O–H groups in total. The molecule has 1 heterocycles. The van der Waals surface area contributed by atoms with E-state index in [4.69, 9.17) is 10.5 Å². The number of aryl methyl sites for hydroxylation is 1. The van der Waals surface area contributed by atoms with Crippen molar-refractivity contribution in [2.24, 2.45) is 11.7 Å². The second-order valence-electron chi connectivity index (χ2n) is 6.78. The Labute approximate surface area is 122 Å². The number of hydrogen-bond acceptors (Lipinski definition) is 2. The highest BCUT2D eigenvalue weighted by Crippen LogP contribution is 2.43. The highest BCUT2D eigenvalue weighted by molar-refractivity contribution is 5.24. The van der Waals surface area contributed by atoms with Gasteiger partial charge in [-0.25, -0.2) is 0 Å². The van der Waals surface area contributed by atoms with Crippen LogP contribution in [0.2, 0.25) is 0 Å². The summed E-state index contributed by atoms with van der Waals surface area (Å²) >= 11 is 0. The molecule has 3 rings (SSSR count). The second kappa shape index (κ2) is 5.87. The Kier molecular flexibility index (Phi) is 4.13. The number of nitrogens with two attached hydrogens (primary N) is 1. The summed E-state index contributed by atoms with van der Waals surface area (Å²) in [6.07, 6.45) is 8.77. The van der Waals surface area contributed by atoms with Crippen LogP contribution in [0.25, 0.3) is 0 Å². The fourth-order valence-corrected chi connectivity index (χ4v) is 3.98. The molecule has 1 aliphatic heterocycles. The van der Waals surface area contributed by atoms with Crippen LogP contribution in [0.4, 0.5) is 0 Å². The largest absolute Gasteiger partial charge is 0.375 e. The van der Waals surface area contributed by atoms with Gasteiger partial charge in [0, 0.05) is 12.6 Å². The van der Waals surface area contributed by atoms with Crippen molar-refractivity contribution in [3.8, 4) is 0 Å². The zero-order valence-corrected chi connectivity index (χ0v) is 12.6. The molecule has 0 radical (unpaired) electrons. The molecule has 2 unspecified atom stereocenters. The first-order valence-electron chi connectivity index (χ1n) is 8.15. The maximum atomic E-state index is 6.55. The molecule has 1 aliphatic carbocycles. The molecule has 0 aromatic heterocycles. The molecule has 1 saturated heterocycles. The van der Waals surface area contributed by atoms with Crippen molar-refractivity contribution < 1.29 is 4.74 Å². The molecule has 2 aliphatic rings. The van der Waals surface area contributed by atoms with E-state index in [1.807, 2.05) is 0 Å². The first-order valence-corrected chi connectivity index (χ1v) is 8.15. The number of benzene rings is 1. The van der Waals surface area contributed by atoms with Crippen LogP contribution in [-0.4, -0.2) is 12.2 Å². The molecular weight excluding hydrogens is 246 g/mol. The van der Waals surface area contributed by atoms with E-state index >= 15 is 0 Å². The highest BCUT2D eigenvalue weighted by Gasteiger charge is 2.40. The predicted molar refractivity (Wildman–Crippen MR) is 82.6 cm³/mol. The smallest absolute Gasteiger partial charge is 0.0685 e. The average molecular weight is 273 g/mol. The van der Waals surface area contributed by atoms with Crippen molar-refractivity contribution in [1.29, 1.82) is 0 Å². The lowest BCUT2D eigenvalue weighted by molar-refractivity contribution is -0.120. The summed E-state index contributed by atoms with van der Waals surface area (Å²) in [6.45, 7) is 3.02. The summed E-state index contributed by atoms with van der Waals surface area (Å²) in [5.41, 5.74) is 9.30. The molecule has 1 spiro atoms. The SMILES string of the molecule is Cc1ccc(C(N)C2CCOC3(CCCCC3)C2)cc1. The molecular formula is C18H27NO. The van der Waals surface area contributed by atoms with Crippen LogP contribution in [0.15, 0.2) is 24.3 Å². The van der Waals surface area contributed by atoms with Gasteiger partial charge in [0.25, 0.3) is 0 Å². The normalized spacial score (nSPS) is 27.4. The van der Waals surface area contributed by atoms with Gasteiger partial charge in [0.1, 0.15) is 0 Å². The average Bonchev–Trinajstić information content (AvgIpc) is 2.48. The van der Waals surface area contributed by atoms with Crippen LogP contribution in [0.3, 0.4) is 0 Å². The molecule has 0 bridgehead atoms. The Bertz CT molecular complexity index is 428. The third-order valence-corrected chi connectivity index (χ3v) is 5.27. The Morgan fingerprint density at radius 2 is 1.85 bits per heavy atom. The first-order chi connectivity index (χ1) is 9.69. The molecule has 2 heteroatoms. The maximum absolute atomic E-state index is 6.55. The van der Waals surface area contributed by atoms with E-state index in [2.05, 4.69) is 31.2 Å². The summed E-state index contributed by atoms with van der Waals surface area (Å²) in [7, 11) is 0. The van der Waals surface area contributed by atoms with E-state index in [1.165, 1.54) is 43.2 Å². The van der Waals surface area contributed by atoms with E-state index in [-0.39, 0.29) is 11.6 Å². The van der Waals surface area contributed by atoms with Crippen molar-refractivity contribution in [1.82, 2.24) is 0 Å². The lowest BCUT2D eigenvalue weighted by atomic mass is 9.73. The Balaban J connectivity index is 1.71. The molecule has 110 valence electrons. The summed E-state index contributed by atoms with van der Waals surface area (Å²) in [6, 6.07) is 8.90. The summed E-state index contributed by atoms with van der Waals surface area (Å²) < 4.78 is 6.19. The molecule has 20 heavy (non-hydrogen) atoms. The third-order valence-electron chi connectivity index (χ3n) is 5.27. The number of rotatable bonds is 2. The minimum Gasteiger partial charge on any atom is -0.375 e. The van der Waals surface area contributed by atoms with Gasteiger partial charge >= 0.3 is 0 Å². The van der Waals surface area contributed by atoms with Crippen LogP contribution in [0.1, 0.15) is 62.1 Å². The molecule has 1 aromatic rings. The van der Waals surface area contributed by atoms with E-state index in [9.17, 15) is 0 Å². The van der Waals surface area contributed by atoms with Crippen LogP contribution in [-0.2, 0) is 4.74 Å². The zero-order valence-electron chi connectivity index (χ0n) is 12.6. The van der Waals surface area contributed by atoms with Crippen molar-refractivity contribution in [2.45, 2.75) is 63.5 Å². The minimum absolute atomic E-state index is 0.156. The van der Waals surface area contributed by atoms with Crippen LogP contribution in [0, 0.1) is 12.8 Å². The summed E-state index contributed by atoms with van der Waals surface area (Å²) in [4.78, 5) is 0. The topological polar surface area (TPSA) is 35.2 Å². The van der Waals surface area contributed by atoms with Crippen molar-refractivity contribution >= 4 is 0 Å². The highest BCUT2D eigenvalue weighted by atomic mass is 16.5. The standard InChI is InChI=1S/C18H27NO/c1-14-5-7-15(8-6-14)17(19)16-9-12-20-18(13-16)10-3-2-4-11-18/h5-8,16-17H,2-4,9-13,19H2,1H3. The fourth-order valence-electron chi connectivity index (χ4n) is 3.98. The van der Waals surface area contributed by atoms with Crippen molar-refractivity contribution in [3.05, 3.63) is 35.4 Å². The van der Waals surface area contributed by atoms with Crippen LogP contribution < -0.4 is 5.73 Å². The van der Waals surface area contributed by atoms with Crippen LogP contribution >= 0.6 is 0 Å². The molecule has 1 saturated carbocycles. The molecule has 2 fully saturated rings. The molecule has 2 atom stereocenters. The Morgan fingerprint density at radius 1 is 1.15 bits per heavy atom. The van der Waals surface area contributed by atoms with E-state index < -0.39 is 0 Å². The Hall–Kier alpha value is -0.860. The predicted octanol–water partition coefficient (Wildman–Crippen LogP) is 4.12. The maximum Gasteiger partial charge on any atom is 0.0685 e. The van der Waals surface area contributed by atoms with Gasteiger partial charge in [-0.15, -0.1) is 0 Å². The quantitative estimate of drug-likeness (QED) is 0.879. The van der Waals surface area contributed by atoms with Gasteiger partial charge in [-0.1, -0.05) is 49.1 Å². The van der Waals surface area contributed by atoms with Gasteiger partial charge in [0.2, 0.25) is 0 Å². The van der Waals surface area contributed by atoms with Crippen molar-refractivity contribution in [3.63, 3.8) is 0 Å². The monoisotopic (exact) mass is 273 g/mol. The van der Waals surface area contributed by atoms with Gasteiger partial charge in [-0.3, -0.25) is 0 Å². The summed E-state index contributed by atoms with van der Waals surface area (Å²) in [5, 5.41) is 0. The zero-order chi connectivity index (χ0) is 14.0. The number of ether oxygens (including phenoxy) is 1. The molecule has 0 amide bonds. The minimum atomic E-state index is 0.156. The van der Waals surface area contributed by atoms with Gasteiger partial charge in [-0.2, -0.15) is 0 Å². The van der Waals surface area contributed by atoms with Gasteiger partial charge in [0.15, 0.2) is 0 Å². The Morgan fingerprint density at radius 3 is 2.55 bits per heavy atom. The van der Waals surface area contributed by atoms with E-state index in [1.54, 1.807) is 0 Å². The van der Waals surface area contributed by atoms with Crippen molar-refractivity contribution in [2.75, 3.05) is 6.61 Å². The fraction of sp³-hybridized carbons (Fsp3) is 0.667. The third kappa shape index (κ3) is 2.91.